The summed E-state index contributed by atoms with van der Waals surface area (Å²) in [7, 11) is 1.66. The van der Waals surface area contributed by atoms with Crippen LogP contribution in [-0.2, 0) is 0 Å². The predicted octanol–water partition coefficient (Wildman–Crippen LogP) is 8.17. The van der Waals surface area contributed by atoms with Crippen molar-refractivity contribution < 1.29 is 27.4 Å². The number of rotatable bonds is 9. The molecule has 4 aromatic rings. The molecule has 9 nitrogen and oxygen atoms in total. The second kappa shape index (κ2) is 14.5. The zero-order valence-electron chi connectivity index (χ0n) is 26.8. The van der Waals surface area contributed by atoms with Gasteiger partial charge in [0.15, 0.2) is 11.0 Å². The monoisotopic (exact) mass is 666 g/mol. The fourth-order valence-electron chi connectivity index (χ4n) is 5.24. The van der Waals surface area contributed by atoms with Gasteiger partial charge in [0.25, 0.3) is 0 Å². The summed E-state index contributed by atoms with van der Waals surface area (Å²) < 4.78 is 48.2. The number of carbonyl (C=O) groups is 1. The Bertz CT molecular complexity index is 1710. The molecule has 2 atom stereocenters. The van der Waals surface area contributed by atoms with E-state index in [2.05, 4.69) is 56.9 Å². The topological polar surface area (TPSA) is 93.9 Å². The van der Waals surface area contributed by atoms with Crippen LogP contribution in [0.15, 0.2) is 78.0 Å². The first-order valence-corrected chi connectivity index (χ1v) is 16.2. The van der Waals surface area contributed by atoms with Crippen LogP contribution in [0.1, 0.15) is 57.1 Å². The van der Waals surface area contributed by atoms with Gasteiger partial charge in [-0.3, -0.25) is 0 Å². The minimum absolute atomic E-state index is 0.0133. The molecule has 0 aliphatic carbocycles. The van der Waals surface area contributed by atoms with Gasteiger partial charge in [0.1, 0.15) is 17.8 Å². The van der Waals surface area contributed by atoms with Gasteiger partial charge in [-0.2, -0.15) is 4.99 Å². The van der Waals surface area contributed by atoms with Crippen molar-refractivity contribution >= 4 is 28.6 Å². The van der Waals surface area contributed by atoms with Gasteiger partial charge in [-0.25, -0.2) is 14.5 Å². The van der Waals surface area contributed by atoms with E-state index in [9.17, 15) is 18.0 Å². The average Bonchev–Trinajstić information content (AvgIpc) is 3.54. The maximum absolute atomic E-state index is 13.1. The van der Waals surface area contributed by atoms with Crippen molar-refractivity contribution in [3.05, 3.63) is 84.2 Å². The Kier molecular flexibility index (Phi) is 10.4. The number of hydrogen-bond acceptors (Lipinski definition) is 6. The molecular weight excluding hydrogens is 629 g/mol. The Morgan fingerprint density at radius 1 is 1.06 bits per heavy atom. The molecule has 0 radical (unpaired) electrons. The Hall–Kier alpha value is -4.52. The van der Waals surface area contributed by atoms with E-state index in [1.54, 1.807) is 18.9 Å². The Morgan fingerprint density at radius 3 is 2.43 bits per heavy atom. The minimum atomic E-state index is -4.75. The quantitative estimate of drug-likeness (QED) is 0.193. The summed E-state index contributed by atoms with van der Waals surface area (Å²) in [6.45, 7) is 8.86. The molecule has 2 unspecified atom stereocenters. The molecule has 1 aliphatic heterocycles. The first-order chi connectivity index (χ1) is 22.4. The zero-order chi connectivity index (χ0) is 33.7. The van der Waals surface area contributed by atoms with Crippen LogP contribution >= 0.6 is 11.8 Å². The number of amidine groups is 1. The number of nitrogens with zero attached hydrogens (tertiary/aromatic N) is 5. The van der Waals surface area contributed by atoms with Crippen molar-refractivity contribution in [1.29, 1.82) is 0 Å². The summed E-state index contributed by atoms with van der Waals surface area (Å²) in [5.41, 5.74) is 4.50. The number of thioether (sulfide) groups is 1. The number of amides is 2. The standard InChI is InChI=1S/C34H37F3N6O3S/c1-21(2)29-18-28(45-5)14-15-30(29)43-23(4)16-17-47-33(43)40-32(44)38-19-22(3)24-6-8-25(9-7-24)31-39-20-42(41-31)26-10-12-27(13-11-26)46-34(35,36)37/h6-15,18,20-23H,16-17,19H2,1-5H3,(H,38,44). The second-order valence-corrected chi connectivity index (χ2v) is 12.7. The lowest BCUT2D eigenvalue weighted by Gasteiger charge is -2.37. The predicted molar refractivity (Wildman–Crippen MR) is 179 cm³/mol. The molecule has 1 N–H and O–H groups in total. The Balaban J connectivity index is 1.22. The van der Waals surface area contributed by atoms with Crippen molar-refractivity contribution in [3.8, 4) is 28.6 Å². The highest BCUT2D eigenvalue weighted by atomic mass is 32.2. The minimum Gasteiger partial charge on any atom is -0.497 e. The maximum Gasteiger partial charge on any atom is 0.573 e. The number of ether oxygens (including phenoxy) is 2. The number of carbonyl (C=O) groups excluding carboxylic acids is 1. The van der Waals surface area contributed by atoms with Gasteiger partial charge in [-0.1, -0.05) is 56.8 Å². The number of aromatic nitrogens is 3. The van der Waals surface area contributed by atoms with Crippen molar-refractivity contribution in [2.45, 2.75) is 58.4 Å². The summed E-state index contributed by atoms with van der Waals surface area (Å²) in [4.78, 5) is 24.1. The van der Waals surface area contributed by atoms with Crippen LogP contribution in [-0.4, -0.2) is 57.8 Å². The van der Waals surface area contributed by atoms with Gasteiger partial charge in [0.2, 0.25) is 0 Å². The largest absolute Gasteiger partial charge is 0.573 e. The number of anilines is 1. The fourth-order valence-corrected chi connectivity index (χ4v) is 6.45. The van der Waals surface area contributed by atoms with E-state index < -0.39 is 6.36 Å². The summed E-state index contributed by atoms with van der Waals surface area (Å²) >= 11 is 1.59. The van der Waals surface area contributed by atoms with Gasteiger partial charge in [0.05, 0.1) is 12.8 Å². The highest BCUT2D eigenvalue weighted by molar-refractivity contribution is 8.14. The fraction of sp³-hybridized carbons (Fsp3) is 0.353. The lowest BCUT2D eigenvalue weighted by molar-refractivity contribution is -0.274. The molecule has 1 aromatic heterocycles. The normalized spacial score (nSPS) is 16.7. The van der Waals surface area contributed by atoms with E-state index >= 15 is 0 Å². The van der Waals surface area contributed by atoms with Crippen LogP contribution in [0.3, 0.4) is 0 Å². The molecule has 2 heterocycles. The molecule has 0 spiro atoms. The van der Waals surface area contributed by atoms with Crippen LogP contribution in [0.25, 0.3) is 17.1 Å². The summed E-state index contributed by atoms with van der Waals surface area (Å²) in [5.74, 6) is 2.11. The number of nitrogens with one attached hydrogen (secondary N) is 1. The van der Waals surface area contributed by atoms with E-state index in [4.69, 9.17) is 4.74 Å². The number of alkyl halides is 3. The first-order valence-electron chi connectivity index (χ1n) is 15.3. The van der Waals surface area contributed by atoms with Gasteiger partial charge >= 0.3 is 12.4 Å². The highest BCUT2D eigenvalue weighted by Gasteiger charge is 2.31. The van der Waals surface area contributed by atoms with Crippen molar-refractivity contribution in [1.82, 2.24) is 20.1 Å². The third-order valence-corrected chi connectivity index (χ3v) is 8.84. The molecule has 2 amide bonds. The Labute approximate surface area is 276 Å². The average molecular weight is 667 g/mol. The molecule has 1 aliphatic rings. The number of urea groups is 1. The number of hydrogen-bond donors (Lipinski definition) is 1. The summed E-state index contributed by atoms with van der Waals surface area (Å²) in [5, 5.41) is 8.11. The van der Waals surface area contributed by atoms with Crippen LogP contribution < -0.4 is 19.7 Å². The maximum atomic E-state index is 13.1. The molecule has 47 heavy (non-hydrogen) atoms. The van der Waals surface area contributed by atoms with Crippen LogP contribution in [0.5, 0.6) is 11.5 Å². The molecule has 0 saturated carbocycles. The number of aliphatic imine (C=N–C) groups is 1. The number of benzene rings is 3. The van der Waals surface area contributed by atoms with Crippen molar-refractivity contribution in [3.63, 3.8) is 0 Å². The van der Waals surface area contributed by atoms with Gasteiger partial charge < -0.3 is 19.7 Å². The summed E-state index contributed by atoms with van der Waals surface area (Å²) in [6.07, 6.45) is -2.28. The third kappa shape index (κ3) is 8.45. The smallest absolute Gasteiger partial charge is 0.497 e. The highest BCUT2D eigenvalue weighted by Crippen LogP contribution is 2.37. The SMILES string of the molecule is COc1ccc(N2C(=NC(=O)NCC(C)c3ccc(-c4ncn(-c5ccc(OC(F)(F)F)cc5)n4)cc3)SCCC2C)c(C(C)C)c1. The molecular formula is C34H37F3N6O3S. The third-order valence-electron chi connectivity index (χ3n) is 7.85. The van der Waals surface area contributed by atoms with E-state index in [0.29, 0.717) is 23.2 Å². The van der Waals surface area contributed by atoms with E-state index in [-0.39, 0.29) is 29.7 Å². The number of methoxy groups -OCH3 is 1. The van der Waals surface area contributed by atoms with Crippen LogP contribution in [0.2, 0.25) is 0 Å². The first kappa shape index (κ1) is 33.8. The van der Waals surface area contributed by atoms with Crippen LogP contribution in [0.4, 0.5) is 23.7 Å². The lowest BCUT2D eigenvalue weighted by atomic mass is 9.99. The summed E-state index contributed by atoms with van der Waals surface area (Å²) in [6, 6.07) is 18.9. The van der Waals surface area contributed by atoms with Crippen molar-refractivity contribution in [2.24, 2.45) is 4.99 Å². The molecule has 0 bridgehead atoms. The molecule has 5 rings (SSSR count). The lowest BCUT2D eigenvalue weighted by Crippen LogP contribution is -2.42. The second-order valence-electron chi connectivity index (χ2n) is 11.6. The van der Waals surface area contributed by atoms with E-state index in [1.807, 2.05) is 43.3 Å². The number of halogens is 3. The molecule has 1 saturated heterocycles. The molecule has 248 valence electrons. The zero-order valence-corrected chi connectivity index (χ0v) is 27.6. The van der Waals surface area contributed by atoms with Gasteiger partial charge in [-0.05, 0) is 78.8 Å². The van der Waals surface area contributed by atoms with Crippen molar-refractivity contribution in [2.75, 3.05) is 24.3 Å². The Morgan fingerprint density at radius 2 is 1.77 bits per heavy atom. The van der Waals surface area contributed by atoms with E-state index in [1.165, 1.54) is 35.3 Å². The molecule has 1 fully saturated rings. The molecule has 3 aromatic carbocycles. The van der Waals surface area contributed by atoms with E-state index in [0.717, 1.165) is 40.3 Å². The van der Waals surface area contributed by atoms with Gasteiger partial charge in [0, 0.05) is 29.6 Å². The van der Waals surface area contributed by atoms with Gasteiger partial charge in [-0.15, -0.1) is 18.3 Å². The van der Waals surface area contributed by atoms with Crippen LogP contribution in [0, 0.1) is 0 Å². The molecule has 13 heteroatoms.